The third-order valence-electron chi connectivity index (χ3n) is 3.72. The van der Waals surface area contributed by atoms with Crippen LogP contribution in [0.3, 0.4) is 0 Å². The Kier molecular flexibility index (Phi) is 5.56. The van der Waals surface area contributed by atoms with Gasteiger partial charge in [0.25, 0.3) is 0 Å². The van der Waals surface area contributed by atoms with Gasteiger partial charge < -0.3 is 15.4 Å². The zero-order valence-corrected chi connectivity index (χ0v) is 14.4. The first-order valence-electron chi connectivity index (χ1n) is 7.72. The van der Waals surface area contributed by atoms with Gasteiger partial charge in [-0.2, -0.15) is 0 Å². The van der Waals surface area contributed by atoms with Crippen molar-refractivity contribution in [1.82, 2.24) is 10.3 Å². The molecule has 1 aromatic carbocycles. The molecule has 1 aromatic heterocycles. The number of hydrogen-bond donors (Lipinski definition) is 2. The molecule has 5 nitrogen and oxygen atoms in total. The maximum absolute atomic E-state index is 12.0. The zero-order chi connectivity index (χ0) is 16.9. The van der Waals surface area contributed by atoms with E-state index in [0.717, 1.165) is 25.1 Å². The van der Waals surface area contributed by atoms with E-state index in [1.165, 1.54) is 6.20 Å². The Balaban J connectivity index is 1.57. The zero-order valence-electron chi connectivity index (χ0n) is 12.9. The van der Waals surface area contributed by atoms with Gasteiger partial charge in [0.15, 0.2) is 0 Å². The smallest absolute Gasteiger partial charge is 0.238 e. The summed E-state index contributed by atoms with van der Waals surface area (Å²) in [6.07, 6.45) is 4.14. The van der Waals surface area contributed by atoms with Crippen molar-refractivity contribution in [3.8, 4) is 11.6 Å². The fraction of sp³-hybridized carbons (Fsp3) is 0.294. The Labute approximate surface area is 150 Å². The number of carbonyl (C=O) groups excluding carboxylic acids is 1. The van der Waals surface area contributed by atoms with Crippen LogP contribution in [-0.4, -0.2) is 23.5 Å². The van der Waals surface area contributed by atoms with Gasteiger partial charge in [-0.3, -0.25) is 4.79 Å². The van der Waals surface area contributed by atoms with Gasteiger partial charge in [0.1, 0.15) is 10.8 Å². The van der Waals surface area contributed by atoms with Crippen LogP contribution in [0.25, 0.3) is 0 Å². The van der Waals surface area contributed by atoms with Crippen LogP contribution in [0.2, 0.25) is 10.0 Å². The number of aromatic nitrogens is 1. The summed E-state index contributed by atoms with van der Waals surface area (Å²) in [6.45, 7) is 0.991. The predicted octanol–water partition coefficient (Wildman–Crippen LogP) is 4.26. The molecule has 0 aliphatic carbocycles. The second-order valence-corrected chi connectivity index (χ2v) is 6.46. The van der Waals surface area contributed by atoms with E-state index in [-0.39, 0.29) is 17.8 Å². The van der Waals surface area contributed by atoms with Crippen molar-refractivity contribution < 1.29 is 9.53 Å². The molecule has 0 saturated carbocycles. The average molecular weight is 366 g/mol. The van der Waals surface area contributed by atoms with Crippen molar-refractivity contribution in [3.63, 3.8) is 0 Å². The molecule has 1 atom stereocenters. The molecule has 1 fully saturated rings. The van der Waals surface area contributed by atoms with Crippen LogP contribution in [0.4, 0.5) is 5.69 Å². The lowest BCUT2D eigenvalue weighted by molar-refractivity contribution is -0.116. The van der Waals surface area contributed by atoms with E-state index in [9.17, 15) is 4.79 Å². The van der Waals surface area contributed by atoms with Gasteiger partial charge in [0.05, 0.1) is 5.02 Å². The van der Waals surface area contributed by atoms with E-state index in [2.05, 4.69) is 15.6 Å². The summed E-state index contributed by atoms with van der Waals surface area (Å²) in [5, 5.41) is 6.98. The van der Waals surface area contributed by atoms with E-state index in [0.29, 0.717) is 22.2 Å². The number of amides is 1. The number of nitrogens with zero attached hydrogens (tertiary/aromatic N) is 1. The number of nitrogens with one attached hydrogen (secondary N) is 2. The summed E-state index contributed by atoms with van der Waals surface area (Å²) in [5.41, 5.74) is 0.723. The molecule has 3 rings (SSSR count). The molecule has 1 saturated heterocycles. The Hall–Kier alpha value is -1.82. The SMILES string of the molecule is O=C(CC1CCCN1)Nc1ccc(Oc2ncc(Cl)cc2Cl)cc1. The molecule has 1 unspecified atom stereocenters. The third-order valence-corrected chi connectivity index (χ3v) is 4.20. The first-order valence-corrected chi connectivity index (χ1v) is 8.48. The number of pyridine rings is 1. The van der Waals surface area contributed by atoms with Crippen molar-refractivity contribution in [2.45, 2.75) is 25.3 Å². The highest BCUT2D eigenvalue weighted by molar-refractivity contribution is 6.35. The third kappa shape index (κ3) is 4.60. The lowest BCUT2D eigenvalue weighted by atomic mass is 10.1. The molecule has 0 spiro atoms. The Bertz CT molecular complexity index is 716. The standard InChI is InChI=1S/C17H17Cl2N3O2/c18-11-8-15(19)17(21-10-11)24-14-5-3-12(4-6-14)22-16(23)9-13-2-1-7-20-13/h3-6,8,10,13,20H,1-2,7,9H2,(H,22,23). The Morgan fingerprint density at radius 2 is 2.12 bits per heavy atom. The van der Waals surface area contributed by atoms with Gasteiger partial charge in [-0.25, -0.2) is 4.98 Å². The summed E-state index contributed by atoms with van der Waals surface area (Å²) >= 11 is 11.8. The highest BCUT2D eigenvalue weighted by Crippen LogP contribution is 2.29. The van der Waals surface area contributed by atoms with Crippen LogP contribution in [0, 0.1) is 0 Å². The minimum Gasteiger partial charge on any atom is -0.438 e. The fourth-order valence-electron chi connectivity index (χ4n) is 2.56. The number of hydrogen-bond acceptors (Lipinski definition) is 4. The van der Waals surface area contributed by atoms with Crippen molar-refractivity contribution in [2.75, 3.05) is 11.9 Å². The molecule has 2 N–H and O–H groups in total. The van der Waals surface area contributed by atoms with Crippen LogP contribution in [0.5, 0.6) is 11.6 Å². The number of halogens is 2. The summed E-state index contributed by atoms with van der Waals surface area (Å²) in [6, 6.07) is 8.90. The molecule has 24 heavy (non-hydrogen) atoms. The number of ether oxygens (including phenoxy) is 1. The molecule has 0 radical (unpaired) electrons. The largest absolute Gasteiger partial charge is 0.438 e. The van der Waals surface area contributed by atoms with Gasteiger partial charge in [-0.1, -0.05) is 23.2 Å². The minimum atomic E-state index is 0.00507. The van der Waals surface area contributed by atoms with Crippen molar-refractivity contribution >= 4 is 34.8 Å². The van der Waals surface area contributed by atoms with Gasteiger partial charge in [-0.15, -0.1) is 0 Å². The Morgan fingerprint density at radius 1 is 1.33 bits per heavy atom. The van der Waals surface area contributed by atoms with E-state index in [1.807, 2.05) is 0 Å². The van der Waals surface area contributed by atoms with Gasteiger partial charge in [0, 0.05) is 24.3 Å². The van der Waals surface area contributed by atoms with E-state index < -0.39 is 0 Å². The van der Waals surface area contributed by atoms with Crippen molar-refractivity contribution in [1.29, 1.82) is 0 Å². The van der Waals surface area contributed by atoms with Crippen molar-refractivity contribution in [2.24, 2.45) is 0 Å². The molecular formula is C17H17Cl2N3O2. The van der Waals surface area contributed by atoms with Gasteiger partial charge in [-0.05, 0) is 49.7 Å². The highest BCUT2D eigenvalue weighted by Gasteiger charge is 2.17. The van der Waals surface area contributed by atoms with E-state index in [1.54, 1.807) is 30.3 Å². The summed E-state index contributed by atoms with van der Waals surface area (Å²) in [5.74, 6) is 0.859. The van der Waals surface area contributed by atoms with Crippen LogP contribution in [0.15, 0.2) is 36.5 Å². The van der Waals surface area contributed by atoms with Crippen LogP contribution >= 0.6 is 23.2 Å². The molecular weight excluding hydrogens is 349 g/mol. The number of rotatable bonds is 5. The molecule has 1 amide bonds. The van der Waals surface area contributed by atoms with Crippen LogP contribution in [-0.2, 0) is 4.79 Å². The highest BCUT2D eigenvalue weighted by atomic mass is 35.5. The topological polar surface area (TPSA) is 63.2 Å². The first kappa shape index (κ1) is 17.0. The maximum Gasteiger partial charge on any atom is 0.238 e. The van der Waals surface area contributed by atoms with E-state index in [4.69, 9.17) is 27.9 Å². The van der Waals surface area contributed by atoms with Crippen LogP contribution < -0.4 is 15.4 Å². The van der Waals surface area contributed by atoms with Gasteiger partial charge in [0.2, 0.25) is 11.8 Å². The molecule has 7 heteroatoms. The first-order chi connectivity index (χ1) is 11.6. The second-order valence-electron chi connectivity index (χ2n) is 5.61. The number of carbonyl (C=O) groups is 1. The van der Waals surface area contributed by atoms with Gasteiger partial charge >= 0.3 is 0 Å². The molecule has 1 aliphatic heterocycles. The lowest BCUT2D eigenvalue weighted by Gasteiger charge is -2.11. The number of benzene rings is 1. The maximum atomic E-state index is 12.0. The molecule has 1 aliphatic rings. The van der Waals surface area contributed by atoms with Crippen LogP contribution in [0.1, 0.15) is 19.3 Å². The summed E-state index contributed by atoms with van der Waals surface area (Å²) in [7, 11) is 0. The summed E-state index contributed by atoms with van der Waals surface area (Å²) < 4.78 is 5.61. The molecule has 126 valence electrons. The molecule has 2 heterocycles. The van der Waals surface area contributed by atoms with Crippen molar-refractivity contribution in [3.05, 3.63) is 46.6 Å². The fourth-order valence-corrected chi connectivity index (χ4v) is 2.98. The minimum absolute atomic E-state index is 0.00507. The average Bonchev–Trinajstić information content (AvgIpc) is 3.04. The van der Waals surface area contributed by atoms with E-state index >= 15 is 0 Å². The lowest BCUT2D eigenvalue weighted by Crippen LogP contribution is -2.27. The summed E-state index contributed by atoms with van der Waals surface area (Å²) in [4.78, 5) is 16.0. The molecule has 0 bridgehead atoms. The second kappa shape index (κ2) is 7.83. The number of anilines is 1. The Morgan fingerprint density at radius 3 is 2.79 bits per heavy atom. The monoisotopic (exact) mass is 365 g/mol. The molecule has 2 aromatic rings. The predicted molar refractivity (Wildman–Crippen MR) is 95.0 cm³/mol. The normalized spacial score (nSPS) is 16.8. The quantitative estimate of drug-likeness (QED) is 0.830.